The van der Waals surface area contributed by atoms with E-state index in [9.17, 15) is 14.4 Å². The predicted octanol–water partition coefficient (Wildman–Crippen LogP) is 1.66. The summed E-state index contributed by atoms with van der Waals surface area (Å²) in [6, 6.07) is 2.72. The summed E-state index contributed by atoms with van der Waals surface area (Å²) >= 11 is 0. The molecular weight excluding hydrogens is 262 g/mol. The highest BCUT2D eigenvalue weighted by Crippen LogP contribution is 2.30. The first-order valence-corrected chi connectivity index (χ1v) is 5.81. The maximum Gasteiger partial charge on any atom is 0.231 e. The first-order chi connectivity index (χ1) is 9.52. The number of rotatable bonds is 2. The van der Waals surface area contributed by atoms with Crippen molar-refractivity contribution in [2.75, 3.05) is 7.11 Å². The van der Waals surface area contributed by atoms with Crippen molar-refractivity contribution in [2.45, 2.75) is 6.92 Å². The zero-order valence-corrected chi connectivity index (χ0v) is 10.7. The third-order valence-corrected chi connectivity index (χ3v) is 3.09. The molecule has 1 aliphatic carbocycles. The van der Waals surface area contributed by atoms with E-state index in [1.807, 2.05) is 0 Å². The highest BCUT2D eigenvalue weighted by Gasteiger charge is 2.35. The van der Waals surface area contributed by atoms with E-state index in [1.54, 1.807) is 0 Å². The van der Waals surface area contributed by atoms with Crippen molar-refractivity contribution in [3.63, 3.8) is 0 Å². The Labute approximate surface area is 113 Å². The summed E-state index contributed by atoms with van der Waals surface area (Å²) in [5, 5.41) is 0. The summed E-state index contributed by atoms with van der Waals surface area (Å²) in [6.07, 6.45) is 1.36. The lowest BCUT2D eigenvalue weighted by Gasteiger charge is -2.12. The van der Waals surface area contributed by atoms with E-state index in [0.717, 1.165) is 0 Å². The predicted molar refractivity (Wildman–Crippen MR) is 66.4 cm³/mol. The lowest BCUT2D eigenvalue weighted by Crippen LogP contribution is -2.20. The molecule has 0 radical (unpaired) electrons. The fourth-order valence-corrected chi connectivity index (χ4v) is 2.06. The molecule has 0 spiro atoms. The molecule has 0 amide bonds. The molecule has 0 aromatic carbocycles. The Morgan fingerprint density at radius 2 is 1.95 bits per heavy atom. The average Bonchev–Trinajstić information content (AvgIpc) is 2.90. The molecule has 2 heterocycles. The fraction of sp³-hybridized carbons (Fsp3) is 0.143. The van der Waals surface area contributed by atoms with E-state index in [2.05, 4.69) is 4.98 Å². The second-order valence-corrected chi connectivity index (χ2v) is 4.34. The van der Waals surface area contributed by atoms with E-state index >= 15 is 0 Å². The summed E-state index contributed by atoms with van der Waals surface area (Å²) in [5.74, 6) is -1.04. The number of hydrogen-bond acceptors (Lipinski definition) is 6. The first-order valence-electron chi connectivity index (χ1n) is 5.81. The van der Waals surface area contributed by atoms with Gasteiger partial charge in [0, 0.05) is 6.92 Å². The van der Waals surface area contributed by atoms with Gasteiger partial charge in [0.25, 0.3) is 0 Å². The molecule has 2 aromatic rings. The van der Waals surface area contributed by atoms with Crippen molar-refractivity contribution in [3.05, 3.63) is 46.7 Å². The van der Waals surface area contributed by atoms with Gasteiger partial charge >= 0.3 is 0 Å². The first kappa shape index (κ1) is 12.3. The van der Waals surface area contributed by atoms with Gasteiger partial charge in [-0.3, -0.25) is 14.4 Å². The van der Waals surface area contributed by atoms with Gasteiger partial charge in [0.2, 0.25) is 11.6 Å². The highest BCUT2D eigenvalue weighted by molar-refractivity contribution is 6.27. The van der Waals surface area contributed by atoms with E-state index in [-0.39, 0.29) is 34.1 Å². The Hall–Kier alpha value is -2.76. The van der Waals surface area contributed by atoms with Gasteiger partial charge in [0.05, 0.1) is 24.4 Å². The fourth-order valence-electron chi connectivity index (χ4n) is 2.06. The van der Waals surface area contributed by atoms with E-state index in [1.165, 1.54) is 32.4 Å². The summed E-state index contributed by atoms with van der Waals surface area (Å²) in [5.41, 5.74) is 0.232. The van der Waals surface area contributed by atoms with Gasteiger partial charge < -0.3 is 9.15 Å². The van der Waals surface area contributed by atoms with E-state index in [0.29, 0.717) is 5.75 Å². The monoisotopic (exact) mass is 271 g/mol. The van der Waals surface area contributed by atoms with Crippen molar-refractivity contribution in [1.82, 2.24) is 4.98 Å². The smallest absolute Gasteiger partial charge is 0.231 e. The normalized spacial score (nSPS) is 12.9. The van der Waals surface area contributed by atoms with Crippen molar-refractivity contribution in [3.8, 4) is 5.75 Å². The number of carbonyl (C=O) groups excluding carboxylic acids is 3. The minimum Gasteiger partial charge on any atom is -0.495 e. The van der Waals surface area contributed by atoms with Gasteiger partial charge in [-0.15, -0.1) is 0 Å². The van der Waals surface area contributed by atoms with Crippen LogP contribution in [-0.2, 0) is 0 Å². The molecule has 0 atom stereocenters. The van der Waals surface area contributed by atoms with E-state index < -0.39 is 11.6 Å². The van der Waals surface area contributed by atoms with Crippen LogP contribution in [0.1, 0.15) is 49.6 Å². The highest BCUT2D eigenvalue weighted by atomic mass is 16.5. The minimum atomic E-state index is -0.478. The Morgan fingerprint density at radius 3 is 2.60 bits per heavy atom. The molecule has 1 aliphatic rings. The second kappa shape index (κ2) is 4.12. The number of hydrogen-bond donors (Lipinski definition) is 0. The molecule has 0 fully saturated rings. The standard InChI is InChI=1S/C14H9NO5/c1-6(16)10-4-9-12(17)11-8(13(18)14(9)20-10)3-7(19-2)5-15-11/h3-5H,1-2H3. The number of ether oxygens (including phenoxy) is 1. The molecule has 0 aliphatic heterocycles. The third kappa shape index (κ3) is 1.58. The molecule has 6 heteroatoms. The average molecular weight is 271 g/mol. The van der Waals surface area contributed by atoms with Crippen molar-refractivity contribution < 1.29 is 23.5 Å². The SMILES string of the molecule is COc1cnc2c(c1)C(=O)c1oc(C(C)=O)cc1C2=O. The van der Waals surface area contributed by atoms with Crippen LogP contribution in [0.3, 0.4) is 0 Å². The lowest BCUT2D eigenvalue weighted by atomic mass is 9.92. The van der Waals surface area contributed by atoms with Crippen LogP contribution >= 0.6 is 0 Å². The molecule has 6 nitrogen and oxygen atoms in total. The van der Waals surface area contributed by atoms with E-state index in [4.69, 9.17) is 9.15 Å². The van der Waals surface area contributed by atoms with Gasteiger partial charge in [-0.1, -0.05) is 0 Å². The molecule has 20 heavy (non-hydrogen) atoms. The van der Waals surface area contributed by atoms with Crippen molar-refractivity contribution in [1.29, 1.82) is 0 Å². The number of carbonyl (C=O) groups is 3. The van der Waals surface area contributed by atoms with Gasteiger partial charge in [0.1, 0.15) is 11.4 Å². The molecular formula is C14H9NO5. The summed E-state index contributed by atoms with van der Waals surface area (Å²) in [6.45, 7) is 1.30. The Morgan fingerprint density at radius 1 is 1.20 bits per heavy atom. The maximum absolute atomic E-state index is 12.3. The van der Waals surface area contributed by atoms with Crippen LogP contribution in [0, 0.1) is 0 Å². The van der Waals surface area contributed by atoms with Crippen LogP contribution in [0.2, 0.25) is 0 Å². The number of ketones is 3. The van der Waals surface area contributed by atoms with Crippen LogP contribution in [0.4, 0.5) is 0 Å². The van der Waals surface area contributed by atoms with Gasteiger partial charge in [-0.2, -0.15) is 0 Å². The van der Waals surface area contributed by atoms with Crippen LogP contribution < -0.4 is 4.74 Å². The number of nitrogens with zero attached hydrogens (tertiary/aromatic N) is 1. The number of methoxy groups -OCH3 is 1. The van der Waals surface area contributed by atoms with Gasteiger partial charge in [0.15, 0.2) is 17.3 Å². The third-order valence-electron chi connectivity index (χ3n) is 3.09. The number of aromatic nitrogens is 1. The number of furan rings is 1. The summed E-state index contributed by atoms with van der Waals surface area (Å²) < 4.78 is 10.2. The van der Waals surface area contributed by atoms with Gasteiger partial charge in [-0.25, -0.2) is 4.98 Å². The molecule has 0 N–H and O–H groups in total. The number of fused-ring (bicyclic) bond motifs is 2. The Bertz CT molecular complexity index is 772. The Balaban J connectivity index is 2.22. The summed E-state index contributed by atoms with van der Waals surface area (Å²) in [7, 11) is 1.44. The van der Waals surface area contributed by atoms with Crippen LogP contribution in [-0.4, -0.2) is 29.4 Å². The zero-order valence-electron chi connectivity index (χ0n) is 10.7. The van der Waals surface area contributed by atoms with Gasteiger partial charge in [-0.05, 0) is 12.1 Å². The number of pyridine rings is 1. The van der Waals surface area contributed by atoms with Crippen molar-refractivity contribution in [2.24, 2.45) is 0 Å². The van der Waals surface area contributed by atoms with Crippen LogP contribution in [0.5, 0.6) is 5.75 Å². The molecule has 2 aromatic heterocycles. The molecule has 0 bridgehead atoms. The molecule has 0 saturated carbocycles. The Kier molecular flexibility index (Phi) is 2.53. The largest absolute Gasteiger partial charge is 0.495 e. The topological polar surface area (TPSA) is 86.5 Å². The van der Waals surface area contributed by atoms with Crippen LogP contribution in [0.15, 0.2) is 22.7 Å². The quantitative estimate of drug-likeness (QED) is 0.659. The minimum absolute atomic E-state index is 0.0172. The molecule has 0 saturated heterocycles. The second-order valence-electron chi connectivity index (χ2n) is 4.34. The number of Topliss-reactive ketones (excluding diaryl/α,β-unsaturated/α-hetero) is 1. The summed E-state index contributed by atoms with van der Waals surface area (Å²) in [4.78, 5) is 39.8. The van der Waals surface area contributed by atoms with Crippen molar-refractivity contribution >= 4 is 17.3 Å². The maximum atomic E-state index is 12.3. The molecule has 3 rings (SSSR count). The lowest BCUT2D eigenvalue weighted by molar-refractivity contribution is 0.0944. The molecule has 0 unspecified atom stereocenters. The van der Waals surface area contributed by atoms with Crippen LogP contribution in [0.25, 0.3) is 0 Å². The molecule has 100 valence electrons. The zero-order chi connectivity index (χ0) is 14.4.